The molecule has 1 fully saturated rings. The first-order valence-electron chi connectivity index (χ1n) is 6.63. The van der Waals surface area contributed by atoms with Crippen LogP contribution in [0.15, 0.2) is 24.3 Å². The highest BCUT2D eigenvalue weighted by Crippen LogP contribution is 2.25. The first kappa shape index (κ1) is 14.5. The normalized spacial score (nSPS) is 20.6. The lowest BCUT2D eigenvalue weighted by atomic mass is 10.1. The number of piperazine rings is 1. The van der Waals surface area contributed by atoms with Crippen molar-refractivity contribution in [3.8, 4) is 0 Å². The molecule has 108 valence electrons. The van der Waals surface area contributed by atoms with E-state index >= 15 is 0 Å². The number of hydrogen-bond donors (Lipinski definition) is 1. The number of anilines is 1. The Kier molecular flexibility index (Phi) is 4.39. The third kappa shape index (κ3) is 3.36. The van der Waals surface area contributed by atoms with Crippen molar-refractivity contribution >= 4 is 17.7 Å². The van der Waals surface area contributed by atoms with Gasteiger partial charge in [-0.15, -0.1) is 0 Å². The fourth-order valence-electron chi connectivity index (χ4n) is 2.38. The molecule has 5 heteroatoms. The Balaban J connectivity index is 2.29. The molecule has 2 rings (SSSR count). The molecule has 1 aliphatic rings. The number of nitrogens with zero attached hydrogens (tertiary/aromatic N) is 2. The van der Waals surface area contributed by atoms with Gasteiger partial charge in [0.2, 0.25) is 0 Å². The average Bonchev–Trinajstić information content (AvgIpc) is 2.40. The molecule has 0 aliphatic carbocycles. The van der Waals surface area contributed by atoms with E-state index in [1.165, 1.54) is 18.2 Å². The van der Waals surface area contributed by atoms with Crippen molar-refractivity contribution in [2.24, 2.45) is 0 Å². The maximum Gasteiger partial charge on any atom is 0.328 e. The van der Waals surface area contributed by atoms with Gasteiger partial charge in [0.15, 0.2) is 0 Å². The second-order valence-electron chi connectivity index (χ2n) is 5.15. The molecule has 1 aliphatic heterocycles. The van der Waals surface area contributed by atoms with Crippen LogP contribution < -0.4 is 4.90 Å². The summed E-state index contributed by atoms with van der Waals surface area (Å²) < 4.78 is 13.4. The molecule has 0 spiro atoms. The van der Waals surface area contributed by atoms with Crippen LogP contribution in [0.1, 0.15) is 12.5 Å². The molecule has 4 nitrogen and oxygen atoms in total. The molecular formula is C15H19FN2O2. The molecule has 0 aromatic heterocycles. The SMILES string of the molecule is CC1CN(c2ccc(F)cc2C=CC(=O)O)CCN1C. The Morgan fingerprint density at radius 2 is 2.20 bits per heavy atom. The van der Waals surface area contributed by atoms with Gasteiger partial charge in [0.05, 0.1) is 0 Å². The molecule has 0 saturated carbocycles. The summed E-state index contributed by atoms with van der Waals surface area (Å²) in [6.45, 7) is 4.76. The molecule has 1 N–H and O–H groups in total. The Labute approximate surface area is 118 Å². The number of carbonyl (C=O) groups is 1. The summed E-state index contributed by atoms with van der Waals surface area (Å²) in [6, 6.07) is 4.91. The third-order valence-corrected chi connectivity index (χ3v) is 3.70. The minimum atomic E-state index is -1.04. The fourth-order valence-corrected chi connectivity index (χ4v) is 2.38. The Hall–Kier alpha value is -1.88. The van der Waals surface area contributed by atoms with Gasteiger partial charge in [0, 0.05) is 43.0 Å². The number of rotatable bonds is 3. The van der Waals surface area contributed by atoms with Crippen LogP contribution in [-0.2, 0) is 4.79 Å². The zero-order valence-corrected chi connectivity index (χ0v) is 11.7. The molecule has 1 saturated heterocycles. The number of carboxylic acids is 1. The maximum absolute atomic E-state index is 13.4. The molecule has 20 heavy (non-hydrogen) atoms. The third-order valence-electron chi connectivity index (χ3n) is 3.70. The number of halogens is 1. The topological polar surface area (TPSA) is 43.8 Å². The molecule has 1 unspecified atom stereocenters. The van der Waals surface area contributed by atoms with Gasteiger partial charge >= 0.3 is 5.97 Å². The quantitative estimate of drug-likeness (QED) is 0.860. The van der Waals surface area contributed by atoms with E-state index in [9.17, 15) is 9.18 Å². The van der Waals surface area contributed by atoms with E-state index in [1.807, 2.05) is 0 Å². The number of aliphatic carboxylic acids is 1. The van der Waals surface area contributed by atoms with Gasteiger partial charge in [-0.05, 0) is 38.2 Å². The molecule has 0 amide bonds. The molecule has 1 heterocycles. The van der Waals surface area contributed by atoms with Gasteiger partial charge in [-0.2, -0.15) is 0 Å². The molecule has 1 aromatic carbocycles. The van der Waals surface area contributed by atoms with Gasteiger partial charge in [-0.1, -0.05) is 0 Å². The van der Waals surface area contributed by atoms with Gasteiger partial charge in [0.1, 0.15) is 5.82 Å². The van der Waals surface area contributed by atoms with Gasteiger partial charge in [-0.25, -0.2) is 9.18 Å². The Bertz CT molecular complexity index is 531. The lowest BCUT2D eigenvalue weighted by Crippen LogP contribution is -2.50. The zero-order chi connectivity index (χ0) is 14.7. The van der Waals surface area contributed by atoms with Crippen molar-refractivity contribution in [3.05, 3.63) is 35.7 Å². The van der Waals surface area contributed by atoms with E-state index in [0.717, 1.165) is 31.4 Å². The van der Waals surface area contributed by atoms with Crippen molar-refractivity contribution in [3.63, 3.8) is 0 Å². The van der Waals surface area contributed by atoms with Crippen LogP contribution in [0.25, 0.3) is 6.08 Å². The van der Waals surface area contributed by atoms with Crippen LogP contribution in [-0.4, -0.2) is 48.7 Å². The maximum atomic E-state index is 13.4. The number of carboxylic acid groups (broad SMARTS) is 1. The first-order valence-corrected chi connectivity index (χ1v) is 6.63. The van der Waals surface area contributed by atoms with Crippen LogP contribution in [0.3, 0.4) is 0 Å². The smallest absolute Gasteiger partial charge is 0.328 e. The second kappa shape index (κ2) is 6.05. The van der Waals surface area contributed by atoms with Crippen molar-refractivity contribution in [1.82, 2.24) is 4.90 Å². The highest BCUT2D eigenvalue weighted by molar-refractivity contribution is 5.87. The highest BCUT2D eigenvalue weighted by atomic mass is 19.1. The first-order chi connectivity index (χ1) is 9.47. The monoisotopic (exact) mass is 278 g/mol. The van der Waals surface area contributed by atoms with Crippen LogP contribution in [0.5, 0.6) is 0 Å². The van der Waals surface area contributed by atoms with Gasteiger partial charge in [-0.3, -0.25) is 0 Å². The minimum Gasteiger partial charge on any atom is -0.478 e. The largest absolute Gasteiger partial charge is 0.478 e. The molecular weight excluding hydrogens is 259 g/mol. The zero-order valence-electron chi connectivity index (χ0n) is 11.7. The summed E-state index contributed by atoms with van der Waals surface area (Å²) in [5.41, 5.74) is 1.48. The lowest BCUT2D eigenvalue weighted by Gasteiger charge is -2.39. The number of likely N-dealkylation sites (N-methyl/N-ethyl adjacent to an activating group) is 1. The highest BCUT2D eigenvalue weighted by Gasteiger charge is 2.22. The summed E-state index contributed by atoms with van der Waals surface area (Å²) in [5.74, 6) is -1.40. The standard InChI is InChI=1S/C15H19FN2O2/c1-11-10-18(8-7-17(11)2)14-5-4-13(16)9-12(14)3-6-15(19)20/h3-6,9,11H,7-8,10H2,1-2H3,(H,19,20). The van der Waals surface area contributed by atoms with Crippen molar-refractivity contribution in [1.29, 1.82) is 0 Å². The molecule has 1 atom stereocenters. The Morgan fingerprint density at radius 1 is 1.45 bits per heavy atom. The lowest BCUT2D eigenvalue weighted by molar-refractivity contribution is -0.131. The van der Waals surface area contributed by atoms with E-state index < -0.39 is 5.97 Å². The van der Waals surface area contributed by atoms with Gasteiger partial charge < -0.3 is 14.9 Å². The Morgan fingerprint density at radius 3 is 2.85 bits per heavy atom. The number of benzene rings is 1. The van der Waals surface area contributed by atoms with Crippen LogP contribution in [0.2, 0.25) is 0 Å². The van der Waals surface area contributed by atoms with Crippen molar-refractivity contribution < 1.29 is 14.3 Å². The van der Waals surface area contributed by atoms with E-state index in [1.54, 1.807) is 6.07 Å². The summed E-state index contributed by atoms with van der Waals surface area (Å²) in [5, 5.41) is 8.72. The predicted molar refractivity (Wildman–Crippen MR) is 77.4 cm³/mol. The minimum absolute atomic E-state index is 0.360. The summed E-state index contributed by atoms with van der Waals surface area (Å²) in [4.78, 5) is 15.1. The van der Waals surface area contributed by atoms with E-state index in [4.69, 9.17) is 5.11 Å². The second-order valence-corrected chi connectivity index (χ2v) is 5.15. The van der Waals surface area contributed by atoms with Crippen LogP contribution >= 0.6 is 0 Å². The summed E-state index contributed by atoms with van der Waals surface area (Å²) >= 11 is 0. The average molecular weight is 278 g/mol. The number of hydrogen-bond acceptors (Lipinski definition) is 3. The van der Waals surface area contributed by atoms with E-state index in [0.29, 0.717) is 11.6 Å². The van der Waals surface area contributed by atoms with Crippen molar-refractivity contribution in [2.75, 3.05) is 31.6 Å². The van der Waals surface area contributed by atoms with E-state index in [2.05, 4.69) is 23.8 Å². The van der Waals surface area contributed by atoms with Crippen molar-refractivity contribution in [2.45, 2.75) is 13.0 Å². The van der Waals surface area contributed by atoms with Crippen LogP contribution in [0.4, 0.5) is 10.1 Å². The summed E-state index contributed by atoms with van der Waals surface area (Å²) in [7, 11) is 2.08. The van der Waals surface area contributed by atoms with E-state index in [-0.39, 0.29) is 5.82 Å². The molecule has 1 aromatic rings. The van der Waals surface area contributed by atoms with Crippen LogP contribution in [0, 0.1) is 5.82 Å². The molecule has 0 radical (unpaired) electrons. The fraction of sp³-hybridized carbons (Fsp3) is 0.400. The summed E-state index contributed by atoms with van der Waals surface area (Å²) in [6.07, 6.45) is 2.49. The predicted octanol–water partition coefficient (Wildman–Crippen LogP) is 2.06. The molecule has 0 bridgehead atoms. The van der Waals surface area contributed by atoms with Gasteiger partial charge in [0.25, 0.3) is 0 Å².